The predicted octanol–water partition coefficient (Wildman–Crippen LogP) is 2.86. The van der Waals surface area contributed by atoms with Crippen LogP contribution in [0, 0.1) is 5.82 Å². The van der Waals surface area contributed by atoms with Gasteiger partial charge >= 0.3 is 5.97 Å². The number of rotatable bonds is 3. The summed E-state index contributed by atoms with van der Waals surface area (Å²) < 4.78 is 17.6. The SMILES string of the molecule is COC(=O)c1cccc(C(=O)Nc2cccc(F)c2)c1. The van der Waals surface area contributed by atoms with Crippen molar-refractivity contribution < 1.29 is 18.7 Å². The lowest BCUT2D eigenvalue weighted by molar-refractivity contribution is 0.0600. The van der Waals surface area contributed by atoms with Gasteiger partial charge in [-0.1, -0.05) is 12.1 Å². The van der Waals surface area contributed by atoms with Crippen molar-refractivity contribution in [2.45, 2.75) is 0 Å². The number of benzene rings is 2. The number of esters is 1. The lowest BCUT2D eigenvalue weighted by Crippen LogP contribution is -2.13. The second kappa shape index (κ2) is 5.97. The summed E-state index contributed by atoms with van der Waals surface area (Å²) in [5, 5.41) is 2.55. The second-order valence-corrected chi connectivity index (χ2v) is 4.04. The Morgan fingerprint density at radius 3 is 2.45 bits per heavy atom. The molecule has 0 heterocycles. The van der Waals surface area contributed by atoms with E-state index in [1.54, 1.807) is 24.3 Å². The minimum absolute atomic E-state index is 0.277. The summed E-state index contributed by atoms with van der Waals surface area (Å²) in [6.07, 6.45) is 0. The molecule has 2 aromatic rings. The number of nitrogens with one attached hydrogen (secondary N) is 1. The lowest BCUT2D eigenvalue weighted by Gasteiger charge is -2.06. The first kappa shape index (κ1) is 13.7. The molecule has 5 heteroatoms. The summed E-state index contributed by atoms with van der Waals surface area (Å²) in [4.78, 5) is 23.4. The highest BCUT2D eigenvalue weighted by Gasteiger charge is 2.11. The molecule has 0 aromatic heterocycles. The number of hydrogen-bond donors (Lipinski definition) is 1. The first-order valence-corrected chi connectivity index (χ1v) is 5.85. The number of anilines is 1. The molecular formula is C15H12FNO3. The summed E-state index contributed by atoms with van der Waals surface area (Å²) in [5.41, 5.74) is 0.912. The molecule has 0 atom stereocenters. The molecule has 1 amide bonds. The average Bonchev–Trinajstić information content (AvgIpc) is 2.46. The van der Waals surface area contributed by atoms with E-state index in [2.05, 4.69) is 10.1 Å². The fourth-order valence-corrected chi connectivity index (χ4v) is 1.67. The minimum Gasteiger partial charge on any atom is -0.465 e. The van der Waals surface area contributed by atoms with Gasteiger partial charge < -0.3 is 10.1 Å². The molecular weight excluding hydrogens is 261 g/mol. The van der Waals surface area contributed by atoms with Crippen molar-refractivity contribution >= 4 is 17.6 Å². The van der Waals surface area contributed by atoms with Crippen molar-refractivity contribution in [3.8, 4) is 0 Å². The Morgan fingerprint density at radius 1 is 1.05 bits per heavy atom. The summed E-state index contributed by atoms with van der Waals surface area (Å²) in [6, 6.07) is 11.7. The average molecular weight is 273 g/mol. The number of methoxy groups -OCH3 is 1. The van der Waals surface area contributed by atoms with Crippen LogP contribution < -0.4 is 5.32 Å². The zero-order chi connectivity index (χ0) is 14.5. The van der Waals surface area contributed by atoms with Crippen molar-refractivity contribution in [1.29, 1.82) is 0 Å². The van der Waals surface area contributed by atoms with E-state index in [9.17, 15) is 14.0 Å². The van der Waals surface area contributed by atoms with Gasteiger partial charge in [0.05, 0.1) is 12.7 Å². The molecule has 0 aliphatic heterocycles. The van der Waals surface area contributed by atoms with E-state index in [0.29, 0.717) is 5.69 Å². The van der Waals surface area contributed by atoms with Gasteiger partial charge in [-0.2, -0.15) is 0 Å². The Kier molecular flexibility index (Phi) is 4.10. The van der Waals surface area contributed by atoms with E-state index in [-0.39, 0.29) is 11.1 Å². The molecule has 2 aromatic carbocycles. The fraction of sp³-hybridized carbons (Fsp3) is 0.0667. The Labute approximate surface area is 115 Å². The van der Waals surface area contributed by atoms with Crippen molar-refractivity contribution in [2.75, 3.05) is 12.4 Å². The van der Waals surface area contributed by atoms with Gasteiger partial charge in [0.15, 0.2) is 0 Å². The zero-order valence-electron chi connectivity index (χ0n) is 10.7. The Balaban J connectivity index is 2.19. The monoisotopic (exact) mass is 273 g/mol. The minimum atomic E-state index is -0.523. The first-order chi connectivity index (χ1) is 9.60. The zero-order valence-corrected chi connectivity index (χ0v) is 10.7. The van der Waals surface area contributed by atoms with Crippen LogP contribution in [0.4, 0.5) is 10.1 Å². The molecule has 0 aliphatic rings. The van der Waals surface area contributed by atoms with Gasteiger partial charge in [-0.3, -0.25) is 4.79 Å². The van der Waals surface area contributed by atoms with Crippen LogP contribution in [0.2, 0.25) is 0 Å². The third kappa shape index (κ3) is 3.20. The van der Waals surface area contributed by atoms with Crippen LogP contribution in [-0.2, 0) is 4.74 Å². The molecule has 0 saturated carbocycles. The third-order valence-corrected chi connectivity index (χ3v) is 2.63. The molecule has 0 radical (unpaired) electrons. The van der Waals surface area contributed by atoms with Gasteiger partial charge in [0.25, 0.3) is 5.91 Å². The van der Waals surface area contributed by atoms with E-state index in [4.69, 9.17) is 0 Å². The van der Waals surface area contributed by atoms with E-state index >= 15 is 0 Å². The van der Waals surface area contributed by atoms with Crippen LogP contribution in [0.5, 0.6) is 0 Å². The highest BCUT2D eigenvalue weighted by atomic mass is 19.1. The molecule has 0 bridgehead atoms. The van der Waals surface area contributed by atoms with E-state index in [0.717, 1.165) is 0 Å². The van der Waals surface area contributed by atoms with Crippen molar-refractivity contribution in [1.82, 2.24) is 0 Å². The number of hydrogen-bond acceptors (Lipinski definition) is 3. The van der Waals surface area contributed by atoms with Crippen molar-refractivity contribution in [2.24, 2.45) is 0 Å². The van der Waals surface area contributed by atoms with Gasteiger partial charge in [-0.05, 0) is 36.4 Å². The topological polar surface area (TPSA) is 55.4 Å². The molecule has 0 spiro atoms. The maximum atomic E-state index is 13.0. The molecule has 0 fully saturated rings. The summed E-state index contributed by atoms with van der Waals surface area (Å²) in [6.45, 7) is 0. The predicted molar refractivity (Wildman–Crippen MR) is 72.1 cm³/mol. The summed E-state index contributed by atoms with van der Waals surface area (Å²) in [5.74, 6) is -1.39. The highest BCUT2D eigenvalue weighted by Crippen LogP contribution is 2.12. The van der Waals surface area contributed by atoms with Gasteiger partial charge in [-0.15, -0.1) is 0 Å². The maximum absolute atomic E-state index is 13.0. The lowest BCUT2D eigenvalue weighted by atomic mass is 10.1. The number of carbonyl (C=O) groups excluding carboxylic acids is 2. The summed E-state index contributed by atoms with van der Waals surface area (Å²) in [7, 11) is 1.27. The quantitative estimate of drug-likeness (QED) is 0.875. The van der Waals surface area contributed by atoms with E-state index < -0.39 is 17.7 Å². The van der Waals surface area contributed by atoms with Gasteiger partial charge in [0.2, 0.25) is 0 Å². The van der Waals surface area contributed by atoms with Crippen molar-refractivity contribution in [3.05, 3.63) is 65.5 Å². The standard InChI is InChI=1S/C15H12FNO3/c1-20-15(19)11-5-2-4-10(8-11)14(18)17-13-7-3-6-12(16)9-13/h2-9H,1H3,(H,17,18). The van der Waals surface area contributed by atoms with E-state index in [1.807, 2.05) is 0 Å². The molecule has 2 rings (SSSR count). The van der Waals surface area contributed by atoms with Gasteiger partial charge in [0, 0.05) is 11.3 Å². The normalized spacial score (nSPS) is 9.90. The number of amides is 1. The Morgan fingerprint density at radius 2 is 1.75 bits per heavy atom. The maximum Gasteiger partial charge on any atom is 0.337 e. The van der Waals surface area contributed by atoms with Crippen LogP contribution in [0.3, 0.4) is 0 Å². The van der Waals surface area contributed by atoms with E-state index in [1.165, 1.54) is 31.4 Å². The number of halogens is 1. The molecule has 20 heavy (non-hydrogen) atoms. The number of ether oxygens (including phenoxy) is 1. The van der Waals surface area contributed by atoms with Crippen LogP contribution in [0.25, 0.3) is 0 Å². The third-order valence-electron chi connectivity index (χ3n) is 2.63. The molecule has 1 N–H and O–H groups in total. The Bertz CT molecular complexity index is 655. The molecule has 0 saturated heterocycles. The summed E-state index contributed by atoms with van der Waals surface area (Å²) >= 11 is 0. The van der Waals surface area contributed by atoms with Gasteiger partial charge in [0.1, 0.15) is 5.82 Å². The molecule has 0 unspecified atom stereocenters. The highest BCUT2D eigenvalue weighted by molar-refractivity contribution is 6.05. The smallest absolute Gasteiger partial charge is 0.337 e. The first-order valence-electron chi connectivity index (χ1n) is 5.85. The van der Waals surface area contributed by atoms with Crippen LogP contribution in [-0.4, -0.2) is 19.0 Å². The fourth-order valence-electron chi connectivity index (χ4n) is 1.67. The largest absolute Gasteiger partial charge is 0.465 e. The molecule has 102 valence electrons. The molecule has 0 aliphatic carbocycles. The van der Waals surface area contributed by atoms with Crippen LogP contribution >= 0.6 is 0 Å². The number of carbonyl (C=O) groups is 2. The Hall–Kier alpha value is -2.69. The molecule has 4 nitrogen and oxygen atoms in total. The second-order valence-electron chi connectivity index (χ2n) is 4.04. The van der Waals surface area contributed by atoms with Crippen molar-refractivity contribution in [3.63, 3.8) is 0 Å². The van der Waals surface area contributed by atoms with Crippen LogP contribution in [0.15, 0.2) is 48.5 Å². The van der Waals surface area contributed by atoms with Gasteiger partial charge in [-0.25, -0.2) is 9.18 Å². The van der Waals surface area contributed by atoms with Crippen LogP contribution in [0.1, 0.15) is 20.7 Å².